The predicted molar refractivity (Wildman–Crippen MR) is 77.2 cm³/mol. The Bertz CT molecular complexity index is 453. The van der Waals surface area contributed by atoms with E-state index in [2.05, 4.69) is 15.3 Å². The van der Waals surface area contributed by atoms with Crippen molar-refractivity contribution >= 4 is 17.5 Å². The van der Waals surface area contributed by atoms with Gasteiger partial charge in [-0.05, 0) is 20.8 Å². The van der Waals surface area contributed by atoms with E-state index in [0.29, 0.717) is 25.6 Å². The number of nitrogens with zero attached hydrogens (tertiary/aromatic N) is 4. The molecule has 0 atom stereocenters. The van der Waals surface area contributed by atoms with Crippen LogP contribution in [0.4, 0.5) is 17.5 Å². The molecular weight excluding hydrogens is 262 g/mol. The third-order valence-corrected chi connectivity index (χ3v) is 2.52. The van der Waals surface area contributed by atoms with Gasteiger partial charge >= 0.3 is 5.69 Å². The maximum Gasteiger partial charge on any atom is 0.329 e. The fraction of sp³-hybridized carbons (Fsp3) is 0.667. The molecule has 0 fully saturated rings. The summed E-state index contributed by atoms with van der Waals surface area (Å²) in [6.45, 7) is 7.43. The molecule has 0 unspecified atom stereocenters. The van der Waals surface area contributed by atoms with E-state index in [9.17, 15) is 10.1 Å². The molecule has 0 spiro atoms. The molecule has 1 aromatic heterocycles. The molecule has 0 aliphatic heterocycles. The van der Waals surface area contributed by atoms with Gasteiger partial charge in [0.15, 0.2) is 0 Å². The van der Waals surface area contributed by atoms with Gasteiger partial charge in [0.05, 0.1) is 17.6 Å². The summed E-state index contributed by atoms with van der Waals surface area (Å²) in [5, 5.41) is 14.0. The molecule has 20 heavy (non-hydrogen) atoms. The van der Waals surface area contributed by atoms with E-state index >= 15 is 0 Å². The third-order valence-electron chi connectivity index (χ3n) is 2.52. The summed E-state index contributed by atoms with van der Waals surface area (Å²) >= 11 is 0. The van der Waals surface area contributed by atoms with Crippen LogP contribution in [0.2, 0.25) is 0 Å². The number of ether oxygens (including phenoxy) is 1. The number of hydrogen-bond donors (Lipinski definition) is 1. The Morgan fingerprint density at radius 3 is 2.80 bits per heavy atom. The highest BCUT2D eigenvalue weighted by Gasteiger charge is 2.20. The second-order valence-electron chi connectivity index (χ2n) is 4.53. The van der Waals surface area contributed by atoms with E-state index in [-0.39, 0.29) is 17.6 Å². The fourth-order valence-electron chi connectivity index (χ4n) is 1.55. The van der Waals surface area contributed by atoms with E-state index in [1.807, 2.05) is 20.8 Å². The van der Waals surface area contributed by atoms with E-state index in [1.54, 1.807) is 11.9 Å². The van der Waals surface area contributed by atoms with Crippen LogP contribution in [0.25, 0.3) is 0 Å². The van der Waals surface area contributed by atoms with Crippen LogP contribution in [0.1, 0.15) is 20.8 Å². The molecule has 112 valence electrons. The minimum absolute atomic E-state index is 0.112. The second kappa shape index (κ2) is 7.59. The van der Waals surface area contributed by atoms with Gasteiger partial charge < -0.3 is 15.0 Å². The van der Waals surface area contributed by atoms with Gasteiger partial charge in [-0.1, -0.05) is 0 Å². The summed E-state index contributed by atoms with van der Waals surface area (Å²) in [7, 11) is 1.74. The summed E-state index contributed by atoms with van der Waals surface area (Å²) in [5.41, 5.74) is -0.112. The van der Waals surface area contributed by atoms with E-state index in [0.717, 1.165) is 0 Å². The standard InChI is InChI=1S/C12H21N5O3/c1-5-13-12-14-8-10(17(18)19)11(15-12)16(4)6-7-20-9(2)3/h8-9H,5-7H2,1-4H3,(H,13,14,15). The van der Waals surface area contributed by atoms with Crippen LogP contribution in [0, 0.1) is 10.1 Å². The number of nitro groups is 1. The highest BCUT2D eigenvalue weighted by molar-refractivity contribution is 5.58. The average molecular weight is 283 g/mol. The number of hydrogen-bond acceptors (Lipinski definition) is 7. The Labute approximate surface area is 118 Å². The lowest BCUT2D eigenvalue weighted by Gasteiger charge is -2.19. The SMILES string of the molecule is CCNc1ncc([N+](=O)[O-])c(N(C)CCOC(C)C)n1. The first kappa shape index (κ1) is 16.1. The molecule has 1 N–H and O–H groups in total. The van der Waals surface area contributed by atoms with Crippen LogP contribution >= 0.6 is 0 Å². The molecular formula is C12H21N5O3. The fourth-order valence-corrected chi connectivity index (χ4v) is 1.55. The Kier molecular flexibility index (Phi) is 6.10. The van der Waals surface area contributed by atoms with Crippen molar-refractivity contribution in [2.75, 3.05) is 37.0 Å². The van der Waals surface area contributed by atoms with Gasteiger partial charge in [0.1, 0.15) is 6.20 Å². The summed E-state index contributed by atoms with van der Waals surface area (Å²) in [6.07, 6.45) is 1.35. The molecule has 8 nitrogen and oxygen atoms in total. The van der Waals surface area contributed by atoms with Crippen LogP contribution in [-0.2, 0) is 4.74 Å². The average Bonchev–Trinajstić information content (AvgIpc) is 2.38. The molecule has 0 saturated carbocycles. The number of likely N-dealkylation sites (N-methyl/N-ethyl adjacent to an activating group) is 1. The topological polar surface area (TPSA) is 93.4 Å². The third kappa shape index (κ3) is 4.61. The molecule has 0 amide bonds. The molecule has 0 aliphatic rings. The molecule has 0 saturated heterocycles. The maximum atomic E-state index is 11.0. The second-order valence-corrected chi connectivity index (χ2v) is 4.53. The maximum absolute atomic E-state index is 11.0. The first-order valence-electron chi connectivity index (χ1n) is 6.53. The van der Waals surface area contributed by atoms with Gasteiger partial charge in [-0.15, -0.1) is 0 Å². The Hall–Kier alpha value is -1.96. The van der Waals surface area contributed by atoms with Gasteiger partial charge in [-0.3, -0.25) is 10.1 Å². The van der Waals surface area contributed by atoms with Crippen molar-refractivity contribution in [2.45, 2.75) is 26.9 Å². The molecule has 1 rings (SSSR count). The van der Waals surface area contributed by atoms with Crippen molar-refractivity contribution in [1.29, 1.82) is 0 Å². The van der Waals surface area contributed by atoms with Crippen LogP contribution in [0.5, 0.6) is 0 Å². The van der Waals surface area contributed by atoms with Crippen molar-refractivity contribution in [3.63, 3.8) is 0 Å². The number of rotatable bonds is 8. The predicted octanol–water partition coefficient (Wildman–Crippen LogP) is 1.68. The summed E-state index contributed by atoms with van der Waals surface area (Å²) < 4.78 is 5.44. The Morgan fingerprint density at radius 2 is 2.25 bits per heavy atom. The quantitative estimate of drug-likeness (QED) is 0.573. The monoisotopic (exact) mass is 283 g/mol. The summed E-state index contributed by atoms with van der Waals surface area (Å²) in [5.74, 6) is 0.665. The van der Waals surface area contributed by atoms with Crippen molar-refractivity contribution in [2.24, 2.45) is 0 Å². The van der Waals surface area contributed by atoms with Crippen molar-refractivity contribution < 1.29 is 9.66 Å². The molecule has 0 aliphatic carbocycles. The first-order chi connectivity index (χ1) is 9.45. The lowest BCUT2D eigenvalue weighted by atomic mass is 10.4. The van der Waals surface area contributed by atoms with Crippen molar-refractivity contribution in [1.82, 2.24) is 9.97 Å². The minimum atomic E-state index is -0.481. The van der Waals surface area contributed by atoms with Gasteiger partial charge in [-0.2, -0.15) is 4.98 Å². The molecule has 8 heteroatoms. The molecule has 0 radical (unpaired) electrons. The zero-order valence-corrected chi connectivity index (χ0v) is 12.3. The highest BCUT2D eigenvalue weighted by atomic mass is 16.6. The smallest absolute Gasteiger partial charge is 0.329 e. The normalized spacial score (nSPS) is 10.7. The van der Waals surface area contributed by atoms with E-state index in [4.69, 9.17) is 4.74 Å². The largest absolute Gasteiger partial charge is 0.377 e. The molecule has 1 aromatic rings. The Balaban J connectivity index is 2.87. The number of anilines is 2. The van der Waals surface area contributed by atoms with Crippen LogP contribution in [0.15, 0.2) is 6.20 Å². The number of nitrogens with one attached hydrogen (secondary N) is 1. The molecule has 0 bridgehead atoms. The Morgan fingerprint density at radius 1 is 1.55 bits per heavy atom. The summed E-state index contributed by atoms with van der Waals surface area (Å²) in [6, 6.07) is 0. The van der Waals surface area contributed by atoms with Gasteiger partial charge in [0.2, 0.25) is 11.8 Å². The van der Waals surface area contributed by atoms with Crippen LogP contribution in [0.3, 0.4) is 0 Å². The lowest BCUT2D eigenvalue weighted by molar-refractivity contribution is -0.384. The van der Waals surface area contributed by atoms with Crippen molar-refractivity contribution in [3.8, 4) is 0 Å². The van der Waals surface area contributed by atoms with Crippen molar-refractivity contribution in [3.05, 3.63) is 16.3 Å². The first-order valence-corrected chi connectivity index (χ1v) is 6.53. The van der Waals surface area contributed by atoms with Crippen LogP contribution < -0.4 is 10.2 Å². The molecule has 0 aromatic carbocycles. The zero-order valence-electron chi connectivity index (χ0n) is 12.3. The zero-order chi connectivity index (χ0) is 15.1. The van der Waals surface area contributed by atoms with E-state index in [1.165, 1.54) is 6.20 Å². The molecule has 1 heterocycles. The van der Waals surface area contributed by atoms with Gasteiger partial charge in [-0.25, -0.2) is 4.98 Å². The number of aromatic nitrogens is 2. The van der Waals surface area contributed by atoms with Gasteiger partial charge in [0.25, 0.3) is 0 Å². The lowest BCUT2D eigenvalue weighted by Crippen LogP contribution is -2.26. The highest BCUT2D eigenvalue weighted by Crippen LogP contribution is 2.24. The summed E-state index contributed by atoms with van der Waals surface area (Å²) in [4.78, 5) is 20.3. The van der Waals surface area contributed by atoms with E-state index < -0.39 is 4.92 Å². The van der Waals surface area contributed by atoms with Gasteiger partial charge in [0, 0.05) is 20.1 Å². The van der Waals surface area contributed by atoms with Crippen LogP contribution in [-0.4, -0.2) is 47.7 Å². The minimum Gasteiger partial charge on any atom is -0.377 e.